The Bertz CT molecular complexity index is 281. The van der Waals surface area contributed by atoms with Crippen molar-refractivity contribution in [2.75, 3.05) is 13.7 Å². The second-order valence-corrected chi connectivity index (χ2v) is 4.13. The van der Waals surface area contributed by atoms with Crippen molar-refractivity contribution in [2.45, 2.75) is 19.6 Å². The molecule has 1 atom stereocenters. The molecular weight excluding hydrogens is 244 g/mol. The minimum Gasteiger partial charge on any atom is -0.375 e. The molecule has 1 heterocycles. The number of rotatable bonds is 5. The number of ether oxygens (including phenoxy) is 1. The first-order chi connectivity index (χ1) is 6.72. The number of hydrogen-bond acceptors (Lipinski definition) is 3. The number of nitrogens with one attached hydrogen (secondary N) is 1. The highest BCUT2D eigenvalue weighted by atomic mass is 79.9. The third kappa shape index (κ3) is 4.17. The zero-order valence-corrected chi connectivity index (χ0v) is 10.0. The maximum Gasteiger partial charge on any atom is 0.0733 e. The molecule has 1 rings (SSSR count). The average Bonchev–Trinajstić information content (AvgIpc) is 2.17. The van der Waals surface area contributed by atoms with Crippen molar-refractivity contribution in [3.05, 3.63) is 28.5 Å². The van der Waals surface area contributed by atoms with Crippen LogP contribution in [0.2, 0.25) is 0 Å². The maximum absolute atomic E-state index is 5.50. The van der Waals surface area contributed by atoms with Crippen molar-refractivity contribution in [3.63, 3.8) is 0 Å². The summed E-state index contributed by atoms with van der Waals surface area (Å²) in [6, 6.07) is 2.40. The van der Waals surface area contributed by atoms with Crippen LogP contribution in [0.4, 0.5) is 0 Å². The van der Waals surface area contributed by atoms with E-state index in [1.165, 1.54) is 0 Å². The zero-order chi connectivity index (χ0) is 10.4. The van der Waals surface area contributed by atoms with Gasteiger partial charge in [-0.3, -0.25) is 4.98 Å². The SMILES string of the molecule is CNC(C)COCc1cncc(Br)c1. The molecule has 0 spiro atoms. The molecule has 0 aliphatic rings. The number of aromatic nitrogens is 1. The first-order valence-corrected chi connectivity index (χ1v) is 5.36. The molecule has 1 aromatic rings. The van der Waals surface area contributed by atoms with Gasteiger partial charge in [0.15, 0.2) is 0 Å². The van der Waals surface area contributed by atoms with Crippen LogP contribution >= 0.6 is 15.9 Å². The van der Waals surface area contributed by atoms with Gasteiger partial charge in [0.1, 0.15) is 0 Å². The van der Waals surface area contributed by atoms with Crippen molar-refractivity contribution in [1.82, 2.24) is 10.3 Å². The van der Waals surface area contributed by atoms with Gasteiger partial charge in [-0.2, -0.15) is 0 Å². The highest BCUT2D eigenvalue weighted by Crippen LogP contribution is 2.10. The largest absolute Gasteiger partial charge is 0.375 e. The Hall–Kier alpha value is -0.450. The van der Waals surface area contributed by atoms with E-state index in [0.29, 0.717) is 19.3 Å². The fourth-order valence-electron chi connectivity index (χ4n) is 0.972. The first kappa shape index (κ1) is 11.6. The van der Waals surface area contributed by atoms with E-state index in [1.54, 1.807) is 6.20 Å². The standard InChI is InChI=1S/C10H15BrN2O/c1-8(12-2)6-14-7-9-3-10(11)5-13-4-9/h3-5,8,12H,6-7H2,1-2H3. The minimum atomic E-state index is 0.384. The summed E-state index contributed by atoms with van der Waals surface area (Å²) in [4.78, 5) is 4.06. The number of hydrogen-bond donors (Lipinski definition) is 1. The van der Waals surface area contributed by atoms with Gasteiger partial charge in [0.05, 0.1) is 13.2 Å². The second-order valence-electron chi connectivity index (χ2n) is 3.22. The van der Waals surface area contributed by atoms with Crippen LogP contribution in [0.5, 0.6) is 0 Å². The van der Waals surface area contributed by atoms with Gasteiger partial charge in [-0.05, 0) is 41.5 Å². The van der Waals surface area contributed by atoms with Gasteiger partial charge >= 0.3 is 0 Å². The molecule has 0 aromatic carbocycles. The fraction of sp³-hybridized carbons (Fsp3) is 0.500. The smallest absolute Gasteiger partial charge is 0.0733 e. The lowest BCUT2D eigenvalue weighted by atomic mass is 10.3. The van der Waals surface area contributed by atoms with E-state index in [1.807, 2.05) is 19.3 Å². The molecule has 0 aliphatic carbocycles. The van der Waals surface area contributed by atoms with Crippen molar-refractivity contribution in [2.24, 2.45) is 0 Å². The molecule has 1 N–H and O–H groups in total. The van der Waals surface area contributed by atoms with Gasteiger partial charge in [0.2, 0.25) is 0 Å². The summed E-state index contributed by atoms with van der Waals surface area (Å²) >= 11 is 3.37. The highest BCUT2D eigenvalue weighted by Gasteiger charge is 1.99. The summed E-state index contributed by atoms with van der Waals surface area (Å²) in [6.07, 6.45) is 3.58. The van der Waals surface area contributed by atoms with Gasteiger partial charge in [-0.25, -0.2) is 0 Å². The third-order valence-electron chi connectivity index (χ3n) is 1.89. The highest BCUT2D eigenvalue weighted by molar-refractivity contribution is 9.10. The van der Waals surface area contributed by atoms with Crippen LogP contribution in [-0.2, 0) is 11.3 Å². The van der Waals surface area contributed by atoms with Crippen molar-refractivity contribution in [3.8, 4) is 0 Å². The molecule has 1 unspecified atom stereocenters. The van der Waals surface area contributed by atoms with Gasteiger partial charge in [0, 0.05) is 22.9 Å². The van der Waals surface area contributed by atoms with Crippen LogP contribution in [0.25, 0.3) is 0 Å². The van der Waals surface area contributed by atoms with E-state index in [0.717, 1.165) is 10.0 Å². The molecule has 0 fully saturated rings. The van der Waals surface area contributed by atoms with E-state index in [9.17, 15) is 0 Å². The summed E-state index contributed by atoms with van der Waals surface area (Å²) in [5.41, 5.74) is 1.09. The predicted molar refractivity (Wildman–Crippen MR) is 60.1 cm³/mol. The second kappa shape index (κ2) is 6.11. The predicted octanol–water partition coefficient (Wildman–Crippen LogP) is 1.97. The lowest BCUT2D eigenvalue weighted by molar-refractivity contribution is 0.104. The monoisotopic (exact) mass is 258 g/mol. The van der Waals surface area contributed by atoms with Crippen molar-refractivity contribution >= 4 is 15.9 Å². The molecule has 0 bridgehead atoms. The molecule has 14 heavy (non-hydrogen) atoms. The molecule has 4 heteroatoms. The topological polar surface area (TPSA) is 34.1 Å². The lowest BCUT2D eigenvalue weighted by Gasteiger charge is -2.10. The third-order valence-corrected chi connectivity index (χ3v) is 2.32. The Labute approximate surface area is 93.0 Å². The van der Waals surface area contributed by atoms with Gasteiger partial charge < -0.3 is 10.1 Å². The number of nitrogens with zero attached hydrogens (tertiary/aromatic N) is 1. The first-order valence-electron chi connectivity index (χ1n) is 4.57. The summed E-state index contributed by atoms with van der Waals surface area (Å²) in [5, 5.41) is 3.11. The van der Waals surface area contributed by atoms with Gasteiger partial charge in [-0.15, -0.1) is 0 Å². The lowest BCUT2D eigenvalue weighted by Crippen LogP contribution is -2.26. The molecule has 0 saturated carbocycles. The van der Waals surface area contributed by atoms with Gasteiger partial charge in [-0.1, -0.05) is 0 Å². The molecule has 0 amide bonds. The van der Waals surface area contributed by atoms with Crippen LogP contribution < -0.4 is 5.32 Å². The summed E-state index contributed by atoms with van der Waals surface area (Å²) in [6.45, 7) is 3.40. The molecule has 3 nitrogen and oxygen atoms in total. The minimum absolute atomic E-state index is 0.384. The Kier molecular flexibility index (Phi) is 5.07. The van der Waals surface area contributed by atoms with Crippen LogP contribution in [0.1, 0.15) is 12.5 Å². The Morgan fingerprint density at radius 2 is 2.36 bits per heavy atom. The van der Waals surface area contributed by atoms with Crippen LogP contribution in [0.15, 0.2) is 22.9 Å². The average molecular weight is 259 g/mol. The Morgan fingerprint density at radius 1 is 1.57 bits per heavy atom. The maximum atomic E-state index is 5.50. The number of halogens is 1. The fourth-order valence-corrected chi connectivity index (χ4v) is 1.38. The van der Waals surface area contributed by atoms with E-state index in [-0.39, 0.29) is 0 Å². The normalized spacial score (nSPS) is 12.8. The zero-order valence-electron chi connectivity index (χ0n) is 8.46. The van der Waals surface area contributed by atoms with Crippen LogP contribution in [-0.4, -0.2) is 24.7 Å². The van der Waals surface area contributed by atoms with E-state index in [2.05, 4.69) is 33.2 Å². The number of likely N-dealkylation sites (N-methyl/N-ethyl adjacent to an activating group) is 1. The summed E-state index contributed by atoms with van der Waals surface area (Å²) in [7, 11) is 1.93. The molecule has 0 radical (unpaired) electrons. The molecule has 0 aliphatic heterocycles. The molecule has 1 aromatic heterocycles. The Balaban J connectivity index is 2.31. The Morgan fingerprint density at radius 3 is 3.00 bits per heavy atom. The van der Waals surface area contributed by atoms with E-state index >= 15 is 0 Å². The van der Waals surface area contributed by atoms with Crippen LogP contribution in [0, 0.1) is 0 Å². The van der Waals surface area contributed by atoms with Crippen LogP contribution in [0.3, 0.4) is 0 Å². The molecular formula is C10H15BrN2O. The van der Waals surface area contributed by atoms with Crippen molar-refractivity contribution in [1.29, 1.82) is 0 Å². The summed E-state index contributed by atoms with van der Waals surface area (Å²) < 4.78 is 6.49. The molecule has 78 valence electrons. The quantitative estimate of drug-likeness (QED) is 0.877. The van der Waals surface area contributed by atoms with Crippen molar-refractivity contribution < 1.29 is 4.74 Å². The molecule has 0 saturated heterocycles. The van der Waals surface area contributed by atoms with Gasteiger partial charge in [0.25, 0.3) is 0 Å². The number of pyridine rings is 1. The summed E-state index contributed by atoms with van der Waals surface area (Å²) in [5.74, 6) is 0. The van der Waals surface area contributed by atoms with E-state index < -0.39 is 0 Å². The van der Waals surface area contributed by atoms with E-state index in [4.69, 9.17) is 4.74 Å².